The fourth-order valence-corrected chi connectivity index (χ4v) is 4.96. The van der Waals surface area contributed by atoms with E-state index in [0.29, 0.717) is 35.6 Å². The Morgan fingerprint density at radius 3 is 2.76 bits per heavy atom. The third kappa shape index (κ3) is 2.88. The van der Waals surface area contributed by atoms with Crippen molar-refractivity contribution in [2.45, 2.75) is 38.6 Å². The van der Waals surface area contributed by atoms with Gasteiger partial charge in [-0.05, 0) is 36.2 Å². The Bertz CT molecular complexity index is 1530. The third-order valence-electron chi connectivity index (χ3n) is 6.82. The van der Waals surface area contributed by atoms with Gasteiger partial charge in [0.05, 0.1) is 29.0 Å². The van der Waals surface area contributed by atoms with E-state index in [1.54, 1.807) is 23.8 Å². The normalized spacial score (nSPS) is 18.2. The molecule has 2 aliphatic rings. The number of pyridine rings is 3. The minimum absolute atomic E-state index is 0.110. The van der Waals surface area contributed by atoms with Gasteiger partial charge in [-0.25, -0.2) is 14.8 Å². The summed E-state index contributed by atoms with van der Waals surface area (Å²) in [6.07, 6.45) is 1.84. The number of aliphatic hydroxyl groups is 1. The second kappa shape index (κ2) is 7.50. The van der Waals surface area contributed by atoms with Crippen molar-refractivity contribution in [1.82, 2.24) is 14.5 Å². The van der Waals surface area contributed by atoms with Gasteiger partial charge >= 0.3 is 5.97 Å². The lowest BCUT2D eigenvalue weighted by atomic mass is 9.86. The van der Waals surface area contributed by atoms with Crippen molar-refractivity contribution < 1.29 is 14.6 Å². The van der Waals surface area contributed by atoms with Crippen molar-refractivity contribution in [3.63, 3.8) is 0 Å². The highest BCUT2D eigenvalue weighted by molar-refractivity contribution is 5.89. The highest BCUT2D eigenvalue weighted by Gasteiger charge is 2.45. The number of aromatic nitrogens is 3. The van der Waals surface area contributed by atoms with E-state index in [1.165, 1.54) is 0 Å². The monoisotopic (exact) mass is 454 g/mol. The number of cyclic esters (lactones) is 1. The van der Waals surface area contributed by atoms with Crippen LogP contribution in [-0.2, 0) is 34.8 Å². The Hall–Kier alpha value is -4.04. The summed E-state index contributed by atoms with van der Waals surface area (Å²) in [4.78, 5) is 35.1. The first-order valence-electron chi connectivity index (χ1n) is 11.2. The van der Waals surface area contributed by atoms with E-state index in [1.807, 2.05) is 42.5 Å². The lowest BCUT2D eigenvalue weighted by Crippen LogP contribution is -2.44. The number of ether oxygens (including phenoxy) is 1. The zero-order chi connectivity index (χ0) is 23.4. The standard InChI is InChI=1S/C26H22N4O4/c1-2-26(33)19-11-21-23-17(13-30(21)24(31)18(19)14-34-25(26)32)16(12-28-22-9-5-6-10-27-22)15-7-3-4-8-20(15)29-23/h3-11,33H,2,12-14H2,1H3,(H,27,28)/t26-/m0/s1. The molecule has 170 valence electrons. The van der Waals surface area contributed by atoms with Crippen molar-refractivity contribution in [3.05, 3.63) is 87.3 Å². The van der Waals surface area contributed by atoms with Gasteiger partial charge < -0.3 is 19.7 Å². The van der Waals surface area contributed by atoms with Gasteiger partial charge in [-0.3, -0.25) is 4.79 Å². The maximum atomic E-state index is 13.5. The molecule has 0 amide bonds. The first kappa shape index (κ1) is 20.6. The van der Waals surface area contributed by atoms with E-state index >= 15 is 0 Å². The summed E-state index contributed by atoms with van der Waals surface area (Å²) in [6, 6.07) is 15.3. The van der Waals surface area contributed by atoms with Crippen LogP contribution in [0.4, 0.5) is 5.82 Å². The van der Waals surface area contributed by atoms with E-state index in [-0.39, 0.29) is 18.6 Å². The number of rotatable bonds is 4. The van der Waals surface area contributed by atoms with E-state index in [4.69, 9.17) is 9.72 Å². The maximum Gasteiger partial charge on any atom is 0.343 e. The van der Waals surface area contributed by atoms with Crippen LogP contribution in [0.15, 0.2) is 59.5 Å². The molecule has 0 saturated carbocycles. The van der Waals surface area contributed by atoms with Crippen LogP contribution in [0.2, 0.25) is 0 Å². The Morgan fingerprint density at radius 2 is 1.97 bits per heavy atom. The highest BCUT2D eigenvalue weighted by Crippen LogP contribution is 2.40. The molecule has 0 fully saturated rings. The average molecular weight is 454 g/mol. The van der Waals surface area contributed by atoms with E-state index in [2.05, 4.69) is 10.3 Å². The van der Waals surface area contributed by atoms with Crippen LogP contribution in [0.3, 0.4) is 0 Å². The maximum absolute atomic E-state index is 13.5. The molecule has 0 aliphatic carbocycles. The number of benzene rings is 1. The van der Waals surface area contributed by atoms with Crippen LogP contribution < -0.4 is 10.9 Å². The van der Waals surface area contributed by atoms with E-state index in [0.717, 1.165) is 27.8 Å². The van der Waals surface area contributed by atoms with Gasteiger partial charge in [0.25, 0.3) is 5.56 Å². The molecule has 34 heavy (non-hydrogen) atoms. The second-order valence-electron chi connectivity index (χ2n) is 8.61. The first-order valence-corrected chi connectivity index (χ1v) is 11.2. The minimum atomic E-state index is -1.84. The lowest BCUT2D eigenvalue weighted by molar-refractivity contribution is -0.172. The van der Waals surface area contributed by atoms with Gasteiger partial charge in [0.15, 0.2) is 5.60 Å². The molecular weight excluding hydrogens is 432 g/mol. The molecule has 1 aromatic carbocycles. The number of esters is 1. The molecule has 1 atom stereocenters. The number of hydrogen-bond donors (Lipinski definition) is 2. The predicted octanol–water partition coefficient (Wildman–Crippen LogP) is 3.09. The smallest absolute Gasteiger partial charge is 0.343 e. The van der Waals surface area contributed by atoms with Gasteiger partial charge in [0.1, 0.15) is 12.4 Å². The molecular formula is C26H22N4O4. The molecule has 5 heterocycles. The van der Waals surface area contributed by atoms with Gasteiger partial charge in [-0.1, -0.05) is 31.2 Å². The molecule has 0 radical (unpaired) electrons. The highest BCUT2D eigenvalue weighted by atomic mass is 16.6. The molecule has 2 aliphatic heterocycles. The summed E-state index contributed by atoms with van der Waals surface area (Å²) in [5.74, 6) is 0.0285. The summed E-state index contributed by atoms with van der Waals surface area (Å²) >= 11 is 0. The zero-order valence-electron chi connectivity index (χ0n) is 18.5. The van der Waals surface area contributed by atoms with Crippen LogP contribution in [0.25, 0.3) is 22.3 Å². The number of nitrogens with one attached hydrogen (secondary N) is 1. The molecule has 0 bridgehead atoms. The largest absolute Gasteiger partial charge is 0.458 e. The fraction of sp³-hybridized carbons (Fsp3) is 0.231. The number of carbonyl (C=O) groups excluding carboxylic acids is 1. The summed E-state index contributed by atoms with van der Waals surface area (Å²) in [5.41, 5.74) is 2.60. The number of para-hydroxylation sites is 1. The molecule has 0 unspecified atom stereocenters. The SMILES string of the molecule is CC[C@@]1(O)C(=O)OCc2c1cc1n(c2=O)Cc2c-1nc1ccccc1c2CNc1ccccn1. The van der Waals surface area contributed by atoms with E-state index in [9.17, 15) is 14.7 Å². The number of anilines is 1. The van der Waals surface area contributed by atoms with E-state index < -0.39 is 11.6 Å². The van der Waals surface area contributed by atoms with Crippen molar-refractivity contribution in [2.24, 2.45) is 0 Å². The van der Waals surface area contributed by atoms with Crippen LogP contribution in [0.5, 0.6) is 0 Å². The first-order chi connectivity index (χ1) is 16.5. The third-order valence-corrected chi connectivity index (χ3v) is 6.82. The number of carbonyl (C=O) groups is 1. The van der Waals surface area contributed by atoms with Crippen molar-refractivity contribution in [1.29, 1.82) is 0 Å². The minimum Gasteiger partial charge on any atom is -0.458 e. The summed E-state index contributed by atoms with van der Waals surface area (Å²) in [5, 5.41) is 15.5. The quantitative estimate of drug-likeness (QED) is 0.402. The van der Waals surface area contributed by atoms with Crippen molar-refractivity contribution in [2.75, 3.05) is 5.32 Å². The predicted molar refractivity (Wildman–Crippen MR) is 126 cm³/mol. The van der Waals surface area contributed by atoms with Crippen LogP contribution >= 0.6 is 0 Å². The number of nitrogens with zero attached hydrogens (tertiary/aromatic N) is 3. The van der Waals surface area contributed by atoms with Gasteiger partial charge in [-0.2, -0.15) is 0 Å². The molecule has 0 spiro atoms. The molecule has 6 rings (SSSR count). The molecule has 4 aromatic rings. The van der Waals surface area contributed by atoms with Crippen molar-refractivity contribution >= 4 is 22.7 Å². The molecule has 2 N–H and O–H groups in total. The molecule has 8 heteroatoms. The van der Waals surface area contributed by atoms with Gasteiger partial charge in [-0.15, -0.1) is 0 Å². The lowest BCUT2D eigenvalue weighted by Gasteiger charge is -2.31. The van der Waals surface area contributed by atoms with Gasteiger partial charge in [0.2, 0.25) is 0 Å². The molecule has 0 saturated heterocycles. The molecule has 8 nitrogen and oxygen atoms in total. The number of fused-ring (bicyclic) bond motifs is 5. The summed E-state index contributed by atoms with van der Waals surface area (Å²) < 4.78 is 6.83. The number of hydrogen-bond acceptors (Lipinski definition) is 7. The fourth-order valence-electron chi connectivity index (χ4n) is 4.96. The van der Waals surface area contributed by atoms with Crippen LogP contribution in [-0.4, -0.2) is 25.6 Å². The second-order valence-corrected chi connectivity index (χ2v) is 8.61. The zero-order valence-corrected chi connectivity index (χ0v) is 18.5. The van der Waals surface area contributed by atoms with Crippen LogP contribution in [0, 0.1) is 0 Å². The van der Waals surface area contributed by atoms with Crippen molar-refractivity contribution in [3.8, 4) is 11.4 Å². The topological polar surface area (TPSA) is 106 Å². The summed E-state index contributed by atoms with van der Waals surface area (Å²) in [6.45, 7) is 2.41. The van der Waals surface area contributed by atoms with Gasteiger partial charge in [0, 0.05) is 29.3 Å². The van der Waals surface area contributed by atoms with Crippen LogP contribution in [0.1, 0.15) is 35.6 Å². The summed E-state index contributed by atoms with van der Waals surface area (Å²) in [7, 11) is 0. The Labute approximate surface area is 194 Å². The Kier molecular flexibility index (Phi) is 4.53. The Balaban J connectivity index is 1.55. The Morgan fingerprint density at radius 1 is 1.15 bits per heavy atom. The average Bonchev–Trinajstić information content (AvgIpc) is 3.24. The molecule has 3 aromatic heterocycles.